The van der Waals surface area contributed by atoms with Crippen LogP contribution < -0.4 is 11.1 Å². The van der Waals surface area contributed by atoms with Gasteiger partial charge in [0.2, 0.25) is 5.91 Å². The SMILES string of the molecule is Cc1cc2c(c(CN)c1C)NC(=O)C2C. The average molecular weight is 204 g/mol. The molecule has 0 radical (unpaired) electrons. The number of aryl methyl sites for hydroxylation is 1. The van der Waals surface area contributed by atoms with Crippen LogP contribution >= 0.6 is 0 Å². The summed E-state index contributed by atoms with van der Waals surface area (Å²) in [6.45, 7) is 6.51. The minimum absolute atomic E-state index is 0.0513. The second-order valence-electron chi connectivity index (χ2n) is 4.18. The van der Waals surface area contributed by atoms with Crippen LogP contribution in [0.2, 0.25) is 0 Å². The number of carbonyl (C=O) groups excluding carboxylic acids is 1. The van der Waals surface area contributed by atoms with Gasteiger partial charge in [0.05, 0.1) is 5.92 Å². The first-order valence-corrected chi connectivity index (χ1v) is 5.20. The van der Waals surface area contributed by atoms with E-state index >= 15 is 0 Å². The summed E-state index contributed by atoms with van der Waals surface area (Å²) < 4.78 is 0. The first-order chi connectivity index (χ1) is 7.06. The molecule has 1 aliphatic rings. The summed E-state index contributed by atoms with van der Waals surface area (Å²) in [5.41, 5.74) is 11.2. The van der Waals surface area contributed by atoms with Crippen LogP contribution in [0.25, 0.3) is 0 Å². The predicted octanol–water partition coefficient (Wildman–Crippen LogP) is 1.82. The Morgan fingerprint density at radius 1 is 1.47 bits per heavy atom. The molecule has 0 bridgehead atoms. The molecule has 1 unspecified atom stereocenters. The zero-order chi connectivity index (χ0) is 11.2. The molecule has 1 aromatic rings. The molecule has 1 heterocycles. The smallest absolute Gasteiger partial charge is 0.231 e. The van der Waals surface area contributed by atoms with Gasteiger partial charge in [-0.1, -0.05) is 6.07 Å². The van der Waals surface area contributed by atoms with E-state index in [1.165, 1.54) is 11.1 Å². The normalized spacial score (nSPS) is 18.9. The number of anilines is 1. The maximum Gasteiger partial charge on any atom is 0.231 e. The van der Waals surface area contributed by atoms with E-state index in [-0.39, 0.29) is 11.8 Å². The lowest BCUT2D eigenvalue weighted by Crippen LogP contribution is -2.10. The average Bonchev–Trinajstić information content (AvgIpc) is 2.47. The van der Waals surface area contributed by atoms with Crippen molar-refractivity contribution in [3.63, 3.8) is 0 Å². The molecule has 0 aliphatic carbocycles. The van der Waals surface area contributed by atoms with Gasteiger partial charge in [0.1, 0.15) is 0 Å². The van der Waals surface area contributed by atoms with Crippen LogP contribution in [-0.2, 0) is 11.3 Å². The van der Waals surface area contributed by atoms with E-state index < -0.39 is 0 Å². The summed E-state index contributed by atoms with van der Waals surface area (Å²) in [4.78, 5) is 11.6. The highest BCUT2D eigenvalue weighted by molar-refractivity contribution is 6.03. The topological polar surface area (TPSA) is 55.1 Å². The van der Waals surface area contributed by atoms with Crippen LogP contribution in [0.3, 0.4) is 0 Å². The molecular formula is C12H16N2O. The van der Waals surface area contributed by atoms with E-state index in [0.29, 0.717) is 6.54 Å². The van der Waals surface area contributed by atoms with E-state index in [9.17, 15) is 4.79 Å². The number of hydrogen-bond donors (Lipinski definition) is 2. The largest absolute Gasteiger partial charge is 0.326 e. The summed E-state index contributed by atoms with van der Waals surface area (Å²) in [5.74, 6) is 0.0225. The molecule has 15 heavy (non-hydrogen) atoms. The van der Waals surface area contributed by atoms with Crippen LogP contribution in [-0.4, -0.2) is 5.91 Å². The molecule has 0 aromatic heterocycles. The van der Waals surface area contributed by atoms with Gasteiger partial charge in [-0.25, -0.2) is 0 Å². The fourth-order valence-electron chi connectivity index (χ4n) is 2.13. The lowest BCUT2D eigenvalue weighted by atomic mass is 9.93. The van der Waals surface area contributed by atoms with E-state index in [1.807, 2.05) is 13.8 Å². The maximum atomic E-state index is 11.6. The number of benzene rings is 1. The Bertz CT molecular complexity index is 438. The predicted molar refractivity (Wildman–Crippen MR) is 60.9 cm³/mol. The van der Waals surface area contributed by atoms with E-state index in [4.69, 9.17) is 5.73 Å². The number of fused-ring (bicyclic) bond motifs is 1. The third-order valence-corrected chi connectivity index (χ3v) is 3.32. The van der Waals surface area contributed by atoms with Crippen molar-refractivity contribution in [3.05, 3.63) is 28.3 Å². The van der Waals surface area contributed by atoms with E-state index in [2.05, 4.69) is 18.3 Å². The Balaban J connectivity index is 2.69. The molecule has 0 spiro atoms. The van der Waals surface area contributed by atoms with Gasteiger partial charge in [0.25, 0.3) is 0 Å². The lowest BCUT2D eigenvalue weighted by molar-refractivity contribution is -0.116. The van der Waals surface area contributed by atoms with Crippen molar-refractivity contribution in [2.75, 3.05) is 5.32 Å². The van der Waals surface area contributed by atoms with Crippen molar-refractivity contribution >= 4 is 11.6 Å². The van der Waals surface area contributed by atoms with Crippen molar-refractivity contribution in [1.82, 2.24) is 0 Å². The molecule has 1 atom stereocenters. The van der Waals surface area contributed by atoms with Crippen LogP contribution in [0.5, 0.6) is 0 Å². The zero-order valence-electron chi connectivity index (χ0n) is 9.35. The first kappa shape index (κ1) is 10.2. The Kier molecular flexibility index (Phi) is 2.27. The highest BCUT2D eigenvalue weighted by atomic mass is 16.2. The highest BCUT2D eigenvalue weighted by Gasteiger charge is 2.29. The van der Waals surface area contributed by atoms with Gasteiger partial charge in [-0.3, -0.25) is 4.79 Å². The second kappa shape index (κ2) is 3.35. The van der Waals surface area contributed by atoms with Crippen LogP contribution in [0, 0.1) is 13.8 Å². The number of rotatable bonds is 1. The number of hydrogen-bond acceptors (Lipinski definition) is 2. The number of nitrogens with two attached hydrogens (primary N) is 1. The second-order valence-corrected chi connectivity index (χ2v) is 4.18. The highest BCUT2D eigenvalue weighted by Crippen LogP contribution is 2.37. The van der Waals surface area contributed by atoms with E-state index in [0.717, 1.165) is 16.8 Å². The number of amides is 1. The molecule has 2 rings (SSSR count). The van der Waals surface area contributed by atoms with Gasteiger partial charge in [-0.15, -0.1) is 0 Å². The zero-order valence-corrected chi connectivity index (χ0v) is 9.35. The molecule has 3 heteroatoms. The molecule has 1 aliphatic heterocycles. The Morgan fingerprint density at radius 2 is 2.13 bits per heavy atom. The molecule has 0 saturated carbocycles. The maximum absolute atomic E-state index is 11.6. The minimum Gasteiger partial charge on any atom is -0.326 e. The fourth-order valence-corrected chi connectivity index (χ4v) is 2.13. The van der Waals surface area contributed by atoms with Crippen molar-refractivity contribution in [3.8, 4) is 0 Å². The van der Waals surface area contributed by atoms with Crippen molar-refractivity contribution in [1.29, 1.82) is 0 Å². The molecule has 0 fully saturated rings. The van der Waals surface area contributed by atoms with Gasteiger partial charge in [0.15, 0.2) is 0 Å². The van der Waals surface area contributed by atoms with Gasteiger partial charge < -0.3 is 11.1 Å². The van der Waals surface area contributed by atoms with Gasteiger partial charge in [-0.05, 0) is 43.0 Å². The fraction of sp³-hybridized carbons (Fsp3) is 0.417. The Labute approximate surface area is 89.7 Å². The van der Waals surface area contributed by atoms with Crippen molar-refractivity contribution < 1.29 is 4.79 Å². The molecule has 1 amide bonds. The summed E-state index contributed by atoms with van der Waals surface area (Å²) in [7, 11) is 0. The standard InChI is InChI=1S/C12H16N2O/c1-6-4-9-8(3)12(15)14-11(9)10(5-13)7(6)2/h4,8H,5,13H2,1-3H3,(H,14,15). The quantitative estimate of drug-likeness (QED) is 0.733. The first-order valence-electron chi connectivity index (χ1n) is 5.20. The molecule has 80 valence electrons. The summed E-state index contributed by atoms with van der Waals surface area (Å²) >= 11 is 0. The molecule has 1 aromatic carbocycles. The third-order valence-electron chi connectivity index (χ3n) is 3.32. The van der Waals surface area contributed by atoms with Crippen molar-refractivity contribution in [2.45, 2.75) is 33.2 Å². The third kappa shape index (κ3) is 1.35. The molecular weight excluding hydrogens is 188 g/mol. The van der Waals surface area contributed by atoms with Crippen molar-refractivity contribution in [2.24, 2.45) is 5.73 Å². The Morgan fingerprint density at radius 3 is 2.73 bits per heavy atom. The van der Waals surface area contributed by atoms with Crippen LogP contribution in [0.4, 0.5) is 5.69 Å². The van der Waals surface area contributed by atoms with Crippen LogP contribution in [0.15, 0.2) is 6.07 Å². The minimum atomic E-state index is -0.0513. The van der Waals surface area contributed by atoms with Gasteiger partial charge >= 0.3 is 0 Å². The summed E-state index contributed by atoms with van der Waals surface area (Å²) in [5, 5.41) is 2.92. The molecule has 3 nitrogen and oxygen atoms in total. The number of carbonyl (C=O) groups is 1. The molecule has 0 saturated heterocycles. The lowest BCUT2D eigenvalue weighted by Gasteiger charge is -2.13. The Hall–Kier alpha value is -1.35. The number of nitrogens with one attached hydrogen (secondary N) is 1. The molecule has 3 N–H and O–H groups in total. The van der Waals surface area contributed by atoms with Gasteiger partial charge in [0, 0.05) is 12.2 Å². The van der Waals surface area contributed by atoms with E-state index in [1.54, 1.807) is 0 Å². The van der Waals surface area contributed by atoms with Crippen LogP contribution in [0.1, 0.15) is 35.1 Å². The summed E-state index contributed by atoms with van der Waals surface area (Å²) in [6, 6.07) is 2.09. The van der Waals surface area contributed by atoms with Gasteiger partial charge in [-0.2, -0.15) is 0 Å². The monoisotopic (exact) mass is 204 g/mol. The summed E-state index contributed by atoms with van der Waals surface area (Å²) in [6.07, 6.45) is 0.